The minimum atomic E-state index is -1.04. The number of amides is 1. The number of benzene rings is 1. The first-order chi connectivity index (χ1) is 8.56. The Morgan fingerprint density at radius 1 is 1.56 bits per heavy atom. The third-order valence-corrected chi connectivity index (χ3v) is 3.18. The molecule has 1 atom stereocenters. The van der Waals surface area contributed by atoms with E-state index >= 15 is 0 Å². The fourth-order valence-electron chi connectivity index (χ4n) is 1.78. The average molecular weight is 314 g/mol. The standard InChI is InChI=1S/C12H12BrNO4/c13-9-3-1-2-8(4-9)5-14-6-10(12(16)17)18-7-11(14)15/h1-4,10H,5-7H2,(H,16,17). The van der Waals surface area contributed by atoms with Crippen molar-refractivity contribution in [1.29, 1.82) is 0 Å². The zero-order valence-electron chi connectivity index (χ0n) is 9.51. The Labute approximate surface area is 112 Å². The van der Waals surface area contributed by atoms with Crippen LogP contribution in [0.3, 0.4) is 0 Å². The fourth-order valence-corrected chi connectivity index (χ4v) is 2.22. The topological polar surface area (TPSA) is 66.8 Å². The molecule has 0 radical (unpaired) electrons. The summed E-state index contributed by atoms with van der Waals surface area (Å²) < 4.78 is 5.87. The zero-order chi connectivity index (χ0) is 13.1. The van der Waals surface area contributed by atoms with Crippen LogP contribution < -0.4 is 0 Å². The molecule has 1 N–H and O–H groups in total. The fraction of sp³-hybridized carbons (Fsp3) is 0.333. The first-order valence-electron chi connectivity index (χ1n) is 5.43. The van der Waals surface area contributed by atoms with Gasteiger partial charge in [0.05, 0.1) is 6.54 Å². The summed E-state index contributed by atoms with van der Waals surface area (Å²) in [6.07, 6.45) is -0.935. The minimum Gasteiger partial charge on any atom is -0.479 e. The number of nitrogens with zero attached hydrogens (tertiary/aromatic N) is 1. The third kappa shape index (κ3) is 3.08. The van der Waals surface area contributed by atoms with Crippen LogP contribution in [-0.2, 0) is 20.9 Å². The van der Waals surface area contributed by atoms with Crippen molar-refractivity contribution in [1.82, 2.24) is 4.90 Å². The number of rotatable bonds is 3. The molecule has 0 aromatic heterocycles. The number of hydrogen-bond donors (Lipinski definition) is 1. The van der Waals surface area contributed by atoms with E-state index in [0.717, 1.165) is 10.0 Å². The Morgan fingerprint density at radius 2 is 2.33 bits per heavy atom. The quantitative estimate of drug-likeness (QED) is 0.912. The van der Waals surface area contributed by atoms with E-state index in [1.165, 1.54) is 4.90 Å². The highest BCUT2D eigenvalue weighted by molar-refractivity contribution is 9.10. The van der Waals surface area contributed by atoms with Crippen LogP contribution in [0.15, 0.2) is 28.7 Å². The third-order valence-electron chi connectivity index (χ3n) is 2.68. The molecule has 0 bridgehead atoms. The van der Waals surface area contributed by atoms with Gasteiger partial charge in [-0.2, -0.15) is 0 Å². The number of carboxylic acid groups (broad SMARTS) is 1. The number of carbonyl (C=O) groups excluding carboxylic acids is 1. The van der Waals surface area contributed by atoms with E-state index in [1.807, 2.05) is 24.3 Å². The Balaban J connectivity index is 2.07. The van der Waals surface area contributed by atoms with Crippen LogP contribution in [0, 0.1) is 0 Å². The smallest absolute Gasteiger partial charge is 0.334 e. The summed E-state index contributed by atoms with van der Waals surface area (Å²) >= 11 is 3.35. The van der Waals surface area contributed by atoms with Gasteiger partial charge in [0.1, 0.15) is 6.61 Å². The Kier molecular flexibility index (Phi) is 3.98. The van der Waals surface area contributed by atoms with Gasteiger partial charge in [0.25, 0.3) is 0 Å². The lowest BCUT2D eigenvalue weighted by Gasteiger charge is -2.30. The first kappa shape index (κ1) is 13.0. The van der Waals surface area contributed by atoms with Gasteiger partial charge in [0.2, 0.25) is 5.91 Å². The normalized spacial score (nSPS) is 19.9. The van der Waals surface area contributed by atoms with Crippen molar-refractivity contribution in [3.05, 3.63) is 34.3 Å². The second kappa shape index (κ2) is 5.49. The summed E-state index contributed by atoms with van der Waals surface area (Å²) in [6, 6.07) is 7.56. The van der Waals surface area contributed by atoms with E-state index in [-0.39, 0.29) is 19.1 Å². The molecular weight excluding hydrogens is 302 g/mol. The largest absolute Gasteiger partial charge is 0.479 e. The maximum absolute atomic E-state index is 11.6. The van der Waals surface area contributed by atoms with Crippen molar-refractivity contribution >= 4 is 27.8 Å². The average Bonchev–Trinajstić information content (AvgIpc) is 2.31. The van der Waals surface area contributed by atoms with Gasteiger partial charge in [-0.25, -0.2) is 4.79 Å². The first-order valence-corrected chi connectivity index (χ1v) is 6.22. The van der Waals surface area contributed by atoms with Crippen LogP contribution in [0.25, 0.3) is 0 Å². The van der Waals surface area contributed by atoms with Gasteiger partial charge in [0.15, 0.2) is 6.10 Å². The summed E-state index contributed by atoms with van der Waals surface area (Å²) in [5.74, 6) is -1.23. The van der Waals surface area contributed by atoms with Crippen molar-refractivity contribution in [2.24, 2.45) is 0 Å². The predicted octanol–water partition coefficient (Wildman–Crippen LogP) is 1.26. The van der Waals surface area contributed by atoms with Gasteiger partial charge < -0.3 is 14.7 Å². The molecule has 1 saturated heterocycles. The van der Waals surface area contributed by atoms with Gasteiger partial charge in [0, 0.05) is 11.0 Å². The molecular formula is C12H12BrNO4. The molecule has 1 aromatic carbocycles. The molecule has 0 saturated carbocycles. The summed E-state index contributed by atoms with van der Waals surface area (Å²) in [6.45, 7) is 0.303. The molecule has 2 rings (SSSR count). The van der Waals surface area contributed by atoms with Crippen LogP contribution in [0.1, 0.15) is 5.56 Å². The molecule has 1 aliphatic rings. The van der Waals surface area contributed by atoms with E-state index in [2.05, 4.69) is 15.9 Å². The molecule has 0 aliphatic carbocycles. The van der Waals surface area contributed by atoms with E-state index < -0.39 is 12.1 Å². The molecule has 1 fully saturated rings. The van der Waals surface area contributed by atoms with Crippen molar-refractivity contribution in [3.8, 4) is 0 Å². The highest BCUT2D eigenvalue weighted by Crippen LogP contribution is 2.16. The van der Waals surface area contributed by atoms with Crippen molar-refractivity contribution in [2.75, 3.05) is 13.2 Å². The van der Waals surface area contributed by atoms with E-state index in [9.17, 15) is 9.59 Å². The highest BCUT2D eigenvalue weighted by atomic mass is 79.9. The lowest BCUT2D eigenvalue weighted by atomic mass is 10.2. The molecule has 1 aromatic rings. The number of morpholine rings is 1. The summed E-state index contributed by atoms with van der Waals surface area (Å²) in [5, 5.41) is 8.88. The lowest BCUT2D eigenvalue weighted by molar-refractivity contribution is -0.165. The second-order valence-electron chi connectivity index (χ2n) is 4.04. The number of carboxylic acids is 1. The molecule has 1 aliphatic heterocycles. The summed E-state index contributed by atoms with van der Waals surface area (Å²) in [4.78, 5) is 24.0. The number of aliphatic carboxylic acids is 1. The molecule has 1 unspecified atom stereocenters. The predicted molar refractivity (Wildman–Crippen MR) is 66.9 cm³/mol. The lowest BCUT2D eigenvalue weighted by Crippen LogP contribution is -2.49. The molecule has 1 amide bonds. The van der Waals surface area contributed by atoms with E-state index in [4.69, 9.17) is 9.84 Å². The van der Waals surface area contributed by atoms with E-state index in [0.29, 0.717) is 6.54 Å². The number of carbonyl (C=O) groups is 2. The number of halogens is 1. The van der Waals surface area contributed by atoms with Crippen LogP contribution in [0.4, 0.5) is 0 Å². The van der Waals surface area contributed by atoms with Crippen LogP contribution >= 0.6 is 15.9 Å². The summed E-state index contributed by atoms with van der Waals surface area (Å²) in [5.41, 5.74) is 0.948. The number of hydrogen-bond acceptors (Lipinski definition) is 3. The highest BCUT2D eigenvalue weighted by Gasteiger charge is 2.30. The SMILES string of the molecule is O=C(O)C1CN(Cc2cccc(Br)c2)C(=O)CO1. The molecule has 5 nitrogen and oxygen atoms in total. The van der Waals surface area contributed by atoms with Crippen molar-refractivity contribution < 1.29 is 19.4 Å². The minimum absolute atomic E-state index is 0.0840. The van der Waals surface area contributed by atoms with Crippen molar-refractivity contribution in [3.63, 3.8) is 0 Å². The van der Waals surface area contributed by atoms with Crippen LogP contribution in [-0.4, -0.2) is 41.1 Å². The molecule has 0 spiro atoms. The van der Waals surface area contributed by atoms with Gasteiger partial charge in [-0.05, 0) is 17.7 Å². The molecule has 1 heterocycles. The van der Waals surface area contributed by atoms with Crippen LogP contribution in [0.5, 0.6) is 0 Å². The van der Waals surface area contributed by atoms with Gasteiger partial charge in [-0.15, -0.1) is 0 Å². The van der Waals surface area contributed by atoms with Crippen molar-refractivity contribution in [2.45, 2.75) is 12.6 Å². The summed E-state index contributed by atoms with van der Waals surface area (Å²) in [7, 11) is 0. The monoisotopic (exact) mass is 313 g/mol. The van der Waals surface area contributed by atoms with E-state index in [1.54, 1.807) is 0 Å². The molecule has 6 heteroatoms. The van der Waals surface area contributed by atoms with Gasteiger partial charge in [-0.3, -0.25) is 4.79 Å². The van der Waals surface area contributed by atoms with Gasteiger partial charge in [-0.1, -0.05) is 28.1 Å². The Bertz CT molecular complexity index is 477. The zero-order valence-corrected chi connectivity index (χ0v) is 11.1. The van der Waals surface area contributed by atoms with Gasteiger partial charge >= 0.3 is 5.97 Å². The van der Waals surface area contributed by atoms with Crippen LogP contribution in [0.2, 0.25) is 0 Å². The maximum Gasteiger partial charge on any atom is 0.334 e. The molecule has 18 heavy (non-hydrogen) atoms. The number of ether oxygens (including phenoxy) is 1. The molecule has 96 valence electrons. The Hall–Kier alpha value is -1.40. The Morgan fingerprint density at radius 3 is 3.00 bits per heavy atom. The second-order valence-corrected chi connectivity index (χ2v) is 4.96. The maximum atomic E-state index is 11.6.